The maximum absolute atomic E-state index is 12.1. The molecule has 1 aliphatic carbocycles. The molecule has 3 rings (SSSR count). The third-order valence-electron chi connectivity index (χ3n) is 3.86. The Morgan fingerprint density at radius 2 is 2.11 bits per heavy atom. The fourth-order valence-corrected chi connectivity index (χ4v) is 2.53. The molecule has 0 radical (unpaired) electrons. The van der Waals surface area contributed by atoms with Gasteiger partial charge in [0, 0.05) is 30.3 Å². The van der Waals surface area contributed by atoms with Crippen molar-refractivity contribution in [2.24, 2.45) is 0 Å². The number of benzene rings is 1. The van der Waals surface area contributed by atoms with Crippen molar-refractivity contribution in [3.05, 3.63) is 29.8 Å². The summed E-state index contributed by atoms with van der Waals surface area (Å²) in [4.78, 5) is 26.1. The van der Waals surface area contributed by atoms with Gasteiger partial charge in [0.1, 0.15) is 6.04 Å². The number of amides is 1. The molecular weight excluding hydrogens is 240 g/mol. The zero-order chi connectivity index (χ0) is 13.4. The minimum atomic E-state index is -0.227. The van der Waals surface area contributed by atoms with Crippen molar-refractivity contribution in [2.75, 3.05) is 11.4 Å². The number of carbonyl (C=O) groups is 2. The zero-order valence-corrected chi connectivity index (χ0v) is 11.1. The van der Waals surface area contributed by atoms with E-state index in [2.05, 4.69) is 5.32 Å². The summed E-state index contributed by atoms with van der Waals surface area (Å²) in [5, 5.41) is 3.03. The highest BCUT2D eigenvalue weighted by Crippen LogP contribution is 2.28. The van der Waals surface area contributed by atoms with Crippen LogP contribution < -0.4 is 10.2 Å². The molecule has 0 saturated heterocycles. The number of rotatable bonds is 3. The van der Waals surface area contributed by atoms with E-state index in [1.165, 1.54) is 0 Å². The molecule has 1 unspecified atom stereocenters. The molecule has 2 aliphatic rings. The van der Waals surface area contributed by atoms with Crippen LogP contribution in [0.5, 0.6) is 0 Å². The molecule has 1 N–H and O–H groups in total. The molecular formula is C15H18N2O2. The number of hydrogen-bond acceptors (Lipinski definition) is 3. The van der Waals surface area contributed by atoms with E-state index in [1.807, 2.05) is 36.1 Å². The Kier molecular flexibility index (Phi) is 3.01. The van der Waals surface area contributed by atoms with Crippen LogP contribution >= 0.6 is 0 Å². The molecule has 1 amide bonds. The molecule has 0 bridgehead atoms. The number of Topliss-reactive ketones (excluding diaryl/α,β-unsaturated/α-hetero) is 1. The van der Waals surface area contributed by atoms with Gasteiger partial charge in [0.05, 0.1) is 0 Å². The number of para-hydroxylation sites is 1. The molecule has 19 heavy (non-hydrogen) atoms. The molecule has 1 aliphatic heterocycles. The average molecular weight is 258 g/mol. The monoisotopic (exact) mass is 258 g/mol. The highest BCUT2D eigenvalue weighted by Gasteiger charge is 2.31. The predicted octanol–water partition coefficient (Wildman–Crippen LogP) is 1.75. The number of hydrogen-bond donors (Lipinski definition) is 1. The van der Waals surface area contributed by atoms with E-state index < -0.39 is 0 Å². The van der Waals surface area contributed by atoms with Crippen molar-refractivity contribution in [1.29, 1.82) is 0 Å². The summed E-state index contributed by atoms with van der Waals surface area (Å²) in [6, 6.07) is 7.69. The first-order valence-electron chi connectivity index (χ1n) is 6.86. The van der Waals surface area contributed by atoms with Gasteiger partial charge in [0.15, 0.2) is 5.78 Å². The van der Waals surface area contributed by atoms with Gasteiger partial charge in [-0.3, -0.25) is 9.59 Å². The van der Waals surface area contributed by atoms with Crippen LogP contribution in [0.3, 0.4) is 0 Å². The SMILES string of the molecule is CC(C(=O)NC1CC1)N1CCC(=O)c2ccccc21. The highest BCUT2D eigenvalue weighted by atomic mass is 16.2. The number of carbonyl (C=O) groups excluding carboxylic acids is 2. The van der Waals surface area contributed by atoms with Crippen LogP contribution in [0.25, 0.3) is 0 Å². The topological polar surface area (TPSA) is 49.4 Å². The largest absolute Gasteiger partial charge is 0.359 e. The summed E-state index contributed by atoms with van der Waals surface area (Å²) in [6.45, 7) is 2.53. The Morgan fingerprint density at radius 1 is 1.37 bits per heavy atom. The molecule has 0 spiro atoms. The first-order valence-corrected chi connectivity index (χ1v) is 6.86. The van der Waals surface area contributed by atoms with Crippen molar-refractivity contribution in [1.82, 2.24) is 5.32 Å². The fourth-order valence-electron chi connectivity index (χ4n) is 2.53. The number of nitrogens with one attached hydrogen (secondary N) is 1. The second-order valence-electron chi connectivity index (χ2n) is 5.34. The lowest BCUT2D eigenvalue weighted by molar-refractivity contribution is -0.122. The first kappa shape index (κ1) is 12.2. The van der Waals surface area contributed by atoms with Crippen molar-refractivity contribution < 1.29 is 9.59 Å². The van der Waals surface area contributed by atoms with E-state index in [1.54, 1.807) is 0 Å². The Bertz CT molecular complexity index is 523. The van der Waals surface area contributed by atoms with Crippen LogP contribution in [0.2, 0.25) is 0 Å². The number of anilines is 1. The summed E-state index contributed by atoms with van der Waals surface area (Å²) in [5.74, 6) is 0.230. The van der Waals surface area contributed by atoms with E-state index >= 15 is 0 Å². The lowest BCUT2D eigenvalue weighted by atomic mass is 9.99. The first-order chi connectivity index (χ1) is 9.16. The Hall–Kier alpha value is -1.84. The maximum atomic E-state index is 12.1. The molecule has 1 heterocycles. The predicted molar refractivity (Wildman–Crippen MR) is 73.4 cm³/mol. The molecule has 1 aromatic rings. The zero-order valence-electron chi connectivity index (χ0n) is 11.1. The minimum Gasteiger partial charge on any atom is -0.359 e. The molecule has 4 nitrogen and oxygen atoms in total. The third kappa shape index (κ3) is 2.35. The summed E-state index contributed by atoms with van der Waals surface area (Å²) >= 11 is 0. The molecule has 0 aromatic heterocycles. The van der Waals surface area contributed by atoms with Gasteiger partial charge in [-0.15, -0.1) is 0 Å². The molecule has 100 valence electrons. The third-order valence-corrected chi connectivity index (χ3v) is 3.86. The maximum Gasteiger partial charge on any atom is 0.242 e. The van der Waals surface area contributed by atoms with Crippen molar-refractivity contribution in [2.45, 2.75) is 38.3 Å². The van der Waals surface area contributed by atoms with Crippen molar-refractivity contribution >= 4 is 17.4 Å². The standard InChI is InChI=1S/C15H18N2O2/c1-10(15(19)16-11-6-7-11)17-9-8-14(18)12-4-2-3-5-13(12)17/h2-5,10-11H,6-9H2,1H3,(H,16,19). The van der Waals surface area contributed by atoms with Crippen LogP contribution in [-0.2, 0) is 4.79 Å². The van der Waals surface area contributed by atoms with Crippen molar-refractivity contribution in [3.63, 3.8) is 0 Å². The smallest absolute Gasteiger partial charge is 0.242 e. The average Bonchev–Trinajstić information content (AvgIpc) is 3.23. The lowest BCUT2D eigenvalue weighted by Crippen LogP contribution is -2.48. The van der Waals surface area contributed by atoms with E-state index in [0.29, 0.717) is 19.0 Å². The van der Waals surface area contributed by atoms with Gasteiger partial charge in [-0.2, -0.15) is 0 Å². The molecule has 1 aromatic carbocycles. The fraction of sp³-hybridized carbons (Fsp3) is 0.467. The molecule has 1 saturated carbocycles. The second-order valence-corrected chi connectivity index (χ2v) is 5.34. The normalized spacial score (nSPS) is 19.8. The Balaban J connectivity index is 1.82. The van der Waals surface area contributed by atoms with Crippen molar-refractivity contribution in [3.8, 4) is 0 Å². The summed E-state index contributed by atoms with van der Waals surface area (Å²) in [5.41, 5.74) is 1.62. The van der Waals surface area contributed by atoms with Crippen LogP contribution in [-0.4, -0.2) is 30.3 Å². The van der Waals surface area contributed by atoms with Gasteiger partial charge in [0.2, 0.25) is 5.91 Å². The van der Waals surface area contributed by atoms with Gasteiger partial charge in [-0.05, 0) is 31.9 Å². The molecule has 1 atom stereocenters. The number of nitrogens with zero attached hydrogens (tertiary/aromatic N) is 1. The highest BCUT2D eigenvalue weighted by molar-refractivity contribution is 6.04. The number of fused-ring (bicyclic) bond motifs is 1. The second kappa shape index (κ2) is 4.68. The number of ketones is 1. The van der Waals surface area contributed by atoms with Crippen LogP contribution in [0.15, 0.2) is 24.3 Å². The quantitative estimate of drug-likeness (QED) is 0.898. The van der Waals surface area contributed by atoms with E-state index in [0.717, 1.165) is 24.1 Å². The summed E-state index contributed by atoms with van der Waals surface area (Å²) in [7, 11) is 0. The van der Waals surface area contributed by atoms with Crippen LogP contribution in [0.1, 0.15) is 36.5 Å². The Morgan fingerprint density at radius 3 is 2.84 bits per heavy atom. The van der Waals surface area contributed by atoms with Gasteiger partial charge >= 0.3 is 0 Å². The Labute approximate surface area is 112 Å². The van der Waals surface area contributed by atoms with E-state index in [9.17, 15) is 9.59 Å². The van der Waals surface area contributed by atoms with Gasteiger partial charge < -0.3 is 10.2 Å². The summed E-state index contributed by atoms with van der Waals surface area (Å²) < 4.78 is 0. The van der Waals surface area contributed by atoms with Gasteiger partial charge in [0.25, 0.3) is 0 Å². The lowest BCUT2D eigenvalue weighted by Gasteiger charge is -2.34. The van der Waals surface area contributed by atoms with Crippen LogP contribution in [0, 0.1) is 0 Å². The molecule has 1 fully saturated rings. The summed E-state index contributed by atoms with van der Waals surface area (Å²) in [6.07, 6.45) is 2.67. The van der Waals surface area contributed by atoms with E-state index in [4.69, 9.17) is 0 Å². The van der Waals surface area contributed by atoms with E-state index in [-0.39, 0.29) is 17.7 Å². The van der Waals surface area contributed by atoms with Gasteiger partial charge in [-0.25, -0.2) is 0 Å². The molecule has 4 heteroatoms. The van der Waals surface area contributed by atoms with Gasteiger partial charge in [-0.1, -0.05) is 12.1 Å². The minimum absolute atomic E-state index is 0.0617. The van der Waals surface area contributed by atoms with Crippen LogP contribution in [0.4, 0.5) is 5.69 Å².